The van der Waals surface area contributed by atoms with E-state index in [0.717, 1.165) is 24.5 Å². The largest absolute Gasteiger partial charge is 0.420 e. The minimum absolute atomic E-state index is 0.145. The molecule has 1 saturated heterocycles. The van der Waals surface area contributed by atoms with Gasteiger partial charge in [-0.2, -0.15) is 0 Å². The second-order valence-electron chi connectivity index (χ2n) is 7.43. The Balaban J connectivity index is 1.30. The lowest BCUT2D eigenvalue weighted by Crippen LogP contribution is -2.36. The van der Waals surface area contributed by atoms with Crippen molar-refractivity contribution in [1.29, 1.82) is 0 Å². The number of hydrogen-bond donors (Lipinski definition) is 1. The van der Waals surface area contributed by atoms with Crippen LogP contribution in [0.25, 0.3) is 22.4 Å². The van der Waals surface area contributed by atoms with Crippen LogP contribution in [0.2, 0.25) is 0 Å². The molecule has 0 atom stereocenters. The number of ether oxygens (including phenoxy) is 1. The fourth-order valence-corrected chi connectivity index (χ4v) is 3.70. The number of anilines is 2. The van der Waals surface area contributed by atoms with Crippen molar-refractivity contribution in [3.8, 4) is 11.3 Å². The summed E-state index contributed by atoms with van der Waals surface area (Å²) in [5.41, 5.74) is 3.17. The van der Waals surface area contributed by atoms with E-state index in [1.165, 1.54) is 4.57 Å². The molecule has 0 aliphatic carbocycles. The number of para-hydroxylation sites is 2. The molecule has 1 aliphatic heterocycles. The number of benzene rings is 2. The lowest BCUT2D eigenvalue weighted by atomic mass is 10.1. The van der Waals surface area contributed by atoms with Gasteiger partial charge in [-0.15, -0.1) is 10.2 Å². The van der Waals surface area contributed by atoms with Crippen LogP contribution in [0.3, 0.4) is 0 Å². The van der Waals surface area contributed by atoms with E-state index in [9.17, 15) is 9.59 Å². The molecule has 0 saturated carbocycles. The maximum absolute atomic E-state index is 12.6. The first kappa shape index (κ1) is 20.0. The van der Waals surface area contributed by atoms with E-state index in [4.69, 9.17) is 9.15 Å². The smallest absolute Gasteiger partial charge is 0.408 e. The molecule has 1 fully saturated rings. The molecule has 3 heterocycles. The van der Waals surface area contributed by atoms with E-state index < -0.39 is 5.76 Å². The summed E-state index contributed by atoms with van der Waals surface area (Å²) in [7, 11) is 0. The summed E-state index contributed by atoms with van der Waals surface area (Å²) in [6.07, 6.45) is 0. The molecule has 0 bridgehead atoms. The van der Waals surface area contributed by atoms with Crippen LogP contribution in [0.15, 0.2) is 69.9 Å². The first-order valence-corrected chi connectivity index (χ1v) is 10.3. The summed E-state index contributed by atoms with van der Waals surface area (Å²) in [6.45, 7) is 2.82. The van der Waals surface area contributed by atoms with Gasteiger partial charge < -0.3 is 19.4 Å². The number of hydrogen-bond acceptors (Lipinski definition) is 7. The van der Waals surface area contributed by atoms with Gasteiger partial charge in [0, 0.05) is 24.3 Å². The number of nitrogens with one attached hydrogen (secondary N) is 1. The maximum Gasteiger partial charge on any atom is 0.420 e. The molecule has 162 valence electrons. The second-order valence-corrected chi connectivity index (χ2v) is 7.43. The first-order valence-electron chi connectivity index (χ1n) is 10.3. The molecular formula is C23H21N5O4. The van der Waals surface area contributed by atoms with Crippen molar-refractivity contribution in [3.63, 3.8) is 0 Å². The van der Waals surface area contributed by atoms with Crippen LogP contribution in [0.5, 0.6) is 0 Å². The minimum Gasteiger partial charge on any atom is -0.408 e. The van der Waals surface area contributed by atoms with E-state index in [2.05, 4.69) is 20.4 Å². The van der Waals surface area contributed by atoms with Crippen LogP contribution in [0, 0.1) is 0 Å². The number of fused-ring (bicyclic) bond motifs is 1. The average Bonchev–Trinajstić information content (AvgIpc) is 3.15. The number of carbonyl (C=O) groups is 1. The molecule has 2 aromatic heterocycles. The van der Waals surface area contributed by atoms with E-state index in [1.54, 1.807) is 30.3 Å². The Morgan fingerprint density at radius 2 is 1.84 bits per heavy atom. The number of carbonyl (C=O) groups excluding carboxylic acids is 1. The Labute approximate surface area is 183 Å². The van der Waals surface area contributed by atoms with Gasteiger partial charge in [-0.25, -0.2) is 4.79 Å². The lowest BCUT2D eigenvalue weighted by molar-refractivity contribution is -0.116. The zero-order valence-corrected chi connectivity index (χ0v) is 17.2. The Bertz CT molecular complexity index is 1310. The monoisotopic (exact) mass is 431 g/mol. The van der Waals surface area contributed by atoms with Crippen molar-refractivity contribution in [2.45, 2.75) is 6.54 Å². The van der Waals surface area contributed by atoms with Crippen LogP contribution in [0.1, 0.15) is 0 Å². The molecule has 0 radical (unpaired) electrons. The number of oxazole rings is 1. The average molecular weight is 431 g/mol. The van der Waals surface area contributed by atoms with Crippen LogP contribution in [-0.2, 0) is 16.1 Å². The van der Waals surface area contributed by atoms with Crippen LogP contribution < -0.4 is 16.0 Å². The van der Waals surface area contributed by atoms with Crippen molar-refractivity contribution in [2.24, 2.45) is 0 Å². The fourth-order valence-electron chi connectivity index (χ4n) is 3.70. The molecule has 0 spiro atoms. The van der Waals surface area contributed by atoms with Gasteiger partial charge >= 0.3 is 5.76 Å². The molecule has 1 aliphatic rings. The fraction of sp³-hybridized carbons (Fsp3) is 0.217. The number of morpholine rings is 1. The standard InChI is InChI=1S/C23H21N5O4/c29-22(15-28-19-6-1-2-7-20(19)32-23(28)30)24-17-5-3-4-16(14-17)18-8-9-21(26-25-18)27-10-12-31-13-11-27/h1-9,14H,10-13,15H2,(H,24,29). The van der Waals surface area contributed by atoms with Gasteiger partial charge in [-0.3, -0.25) is 9.36 Å². The number of nitrogens with zero attached hydrogens (tertiary/aromatic N) is 4. The highest BCUT2D eigenvalue weighted by atomic mass is 16.5. The Morgan fingerprint density at radius 1 is 1.00 bits per heavy atom. The summed E-state index contributed by atoms with van der Waals surface area (Å²) in [5, 5.41) is 11.5. The SMILES string of the molecule is O=C(Cn1c(=O)oc2ccccc21)Nc1cccc(-c2ccc(N3CCOCC3)nn2)c1. The molecule has 1 N–H and O–H groups in total. The Morgan fingerprint density at radius 3 is 2.66 bits per heavy atom. The highest BCUT2D eigenvalue weighted by Crippen LogP contribution is 2.22. The van der Waals surface area contributed by atoms with Gasteiger partial charge in [-0.05, 0) is 36.4 Å². The summed E-state index contributed by atoms with van der Waals surface area (Å²) in [6, 6.07) is 18.2. The highest BCUT2D eigenvalue weighted by Gasteiger charge is 2.14. The first-order chi connectivity index (χ1) is 15.7. The van der Waals surface area contributed by atoms with E-state index >= 15 is 0 Å². The van der Waals surface area contributed by atoms with Gasteiger partial charge in [0.1, 0.15) is 6.54 Å². The highest BCUT2D eigenvalue weighted by molar-refractivity contribution is 5.92. The zero-order valence-electron chi connectivity index (χ0n) is 17.2. The molecule has 0 unspecified atom stereocenters. The molecular weight excluding hydrogens is 410 g/mol. The van der Waals surface area contributed by atoms with E-state index in [-0.39, 0.29) is 12.5 Å². The molecule has 2 aromatic carbocycles. The second kappa shape index (κ2) is 8.64. The predicted octanol–water partition coefficient (Wildman–Crippen LogP) is 2.53. The Kier molecular flexibility index (Phi) is 5.39. The topological polar surface area (TPSA) is 102 Å². The van der Waals surface area contributed by atoms with Gasteiger partial charge in [0.2, 0.25) is 5.91 Å². The quantitative estimate of drug-likeness (QED) is 0.518. The van der Waals surface area contributed by atoms with Crippen LogP contribution >= 0.6 is 0 Å². The minimum atomic E-state index is -0.564. The summed E-state index contributed by atoms with van der Waals surface area (Å²) in [4.78, 5) is 26.8. The van der Waals surface area contributed by atoms with Crippen molar-refractivity contribution < 1.29 is 13.9 Å². The van der Waals surface area contributed by atoms with E-state index in [1.807, 2.05) is 30.3 Å². The van der Waals surface area contributed by atoms with Crippen molar-refractivity contribution >= 4 is 28.5 Å². The van der Waals surface area contributed by atoms with Crippen molar-refractivity contribution in [2.75, 3.05) is 36.5 Å². The lowest BCUT2D eigenvalue weighted by Gasteiger charge is -2.27. The summed E-state index contributed by atoms with van der Waals surface area (Å²) >= 11 is 0. The Hall–Kier alpha value is -3.98. The third-order valence-corrected chi connectivity index (χ3v) is 5.30. The van der Waals surface area contributed by atoms with Crippen molar-refractivity contribution in [1.82, 2.24) is 14.8 Å². The van der Waals surface area contributed by atoms with Crippen LogP contribution in [-0.4, -0.2) is 47.0 Å². The molecule has 9 heteroatoms. The molecule has 4 aromatic rings. The molecule has 1 amide bonds. The van der Waals surface area contributed by atoms with Crippen molar-refractivity contribution in [3.05, 3.63) is 71.2 Å². The molecule has 32 heavy (non-hydrogen) atoms. The zero-order chi connectivity index (χ0) is 21.9. The van der Waals surface area contributed by atoms with Gasteiger partial charge in [-0.1, -0.05) is 24.3 Å². The van der Waals surface area contributed by atoms with Gasteiger partial charge in [0.25, 0.3) is 0 Å². The summed E-state index contributed by atoms with van der Waals surface area (Å²) < 4.78 is 11.9. The normalized spacial score (nSPS) is 13.9. The third kappa shape index (κ3) is 4.10. The van der Waals surface area contributed by atoms with Gasteiger partial charge in [0.05, 0.1) is 24.4 Å². The predicted molar refractivity (Wildman–Crippen MR) is 120 cm³/mol. The molecule has 5 rings (SSSR count). The number of amides is 1. The van der Waals surface area contributed by atoms with E-state index in [0.29, 0.717) is 35.7 Å². The summed E-state index contributed by atoms with van der Waals surface area (Å²) in [5.74, 6) is -0.0745. The molecule has 9 nitrogen and oxygen atoms in total. The third-order valence-electron chi connectivity index (χ3n) is 5.30. The maximum atomic E-state index is 12.6. The number of aromatic nitrogens is 3. The van der Waals surface area contributed by atoms with Crippen LogP contribution in [0.4, 0.5) is 11.5 Å². The van der Waals surface area contributed by atoms with Gasteiger partial charge in [0.15, 0.2) is 11.4 Å². The number of rotatable bonds is 5.